The highest BCUT2D eigenvalue weighted by Gasteiger charge is 2.12. The number of carboxylic acid groups (broad SMARTS) is 1. The molecule has 0 bridgehead atoms. The highest BCUT2D eigenvalue weighted by molar-refractivity contribution is 7.84. The average Bonchev–Trinajstić information content (AvgIpc) is 2.76. The normalized spacial score (nSPS) is 12.7. The Morgan fingerprint density at radius 1 is 1.43 bits per heavy atom. The van der Waals surface area contributed by atoms with Gasteiger partial charge in [-0.3, -0.25) is 4.21 Å². The molecule has 2 rings (SSSR count). The van der Waals surface area contributed by atoms with Gasteiger partial charge in [-0.25, -0.2) is 9.78 Å². The molecule has 6 heteroatoms. The molecule has 21 heavy (non-hydrogen) atoms. The Labute approximate surface area is 126 Å². The lowest BCUT2D eigenvalue weighted by atomic mass is 10.2. The topological polar surface area (TPSA) is 72.2 Å². The molecule has 0 saturated heterocycles. The highest BCUT2D eigenvalue weighted by atomic mass is 32.2. The van der Waals surface area contributed by atoms with Gasteiger partial charge in [0.15, 0.2) is 0 Å². The molecular formula is C15H20N2O3S. The van der Waals surface area contributed by atoms with Crippen LogP contribution in [0, 0.1) is 0 Å². The summed E-state index contributed by atoms with van der Waals surface area (Å²) in [5, 5.41) is 9.12. The number of aromatic nitrogens is 2. The lowest BCUT2D eigenvalue weighted by Gasteiger charge is -2.08. The van der Waals surface area contributed by atoms with Crippen LogP contribution < -0.4 is 0 Å². The predicted octanol–water partition coefficient (Wildman–Crippen LogP) is 2.46. The monoisotopic (exact) mass is 308 g/mol. The fourth-order valence-corrected chi connectivity index (χ4v) is 2.93. The molecule has 0 aliphatic heterocycles. The smallest absolute Gasteiger partial charge is 0.335 e. The SMILES string of the molecule is CCCc1nc2ccc(C(=O)O)cc2n1CCCS(C)=O. The van der Waals surface area contributed by atoms with Crippen molar-refractivity contribution in [3.63, 3.8) is 0 Å². The summed E-state index contributed by atoms with van der Waals surface area (Å²) in [6.45, 7) is 2.81. The zero-order chi connectivity index (χ0) is 15.4. The molecule has 1 unspecified atom stereocenters. The van der Waals surface area contributed by atoms with Gasteiger partial charge in [0.05, 0.1) is 16.6 Å². The Bertz CT molecular complexity index is 679. The number of fused-ring (bicyclic) bond motifs is 1. The van der Waals surface area contributed by atoms with Crippen molar-refractivity contribution < 1.29 is 14.1 Å². The number of rotatable bonds is 7. The summed E-state index contributed by atoms with van der Waals surface area (Å²) < 4.78 is 13.3. The first kappa shape index (κ1) is 15.7. The first-order chi connectivity index (χ1) is 10.0. The number of imidazole rings is 1. The molecule has 1 N–H and O–H groups in total. The molecule has 1 heterocycles. The maximum Gasteiger partial charge on any atom is 0.335 e. The summed E-state index contributed by atoms with van der Waals surface area (Å²) >= 11 is 0. The minimum atomic E-state index is -0.934. The van der Waals surface area contributed by atoms with Crippen LogP contribution in [0.5, 0.6) is 0 Å². The van der Waals surface area contributed by atoms with E-state index in [2.05, 4.69) is 16.5 Å². The van der Waals surface area contributed by atoms with E-state index < -0.39 is 16.8 Å². The van der Waals surface area contributed by atoms with Crippen molar-refractivity contribution in [2.45, 2.75) is 32.7 Å². The van der Waals surface area contributed by atoms with Gasteiger partial charge in [0.2, 0.25) is 0 Å². The number of carboxylic acids is 1. The molecule has 0 radical (unpaired) electrons. The lowest BCUT2D eigenvalue weighted by molar-refractivity contribution is 0.0697. The molecule has 1 aromatic carbocycles. The number of nitrogens with zero attached hydrogens (tertiary/aromatic N) is 2. The van der Waals surface area contributed by atoms with E-state index in [1.807, 2.05) is 0 Å². The first-order valence-electron chi connectivity index (χ1n) is 7.05. The third-order valence-electron chi connectivity index (χ3n) is 3.36. The van der Waals surface area contributed by atoms with Crippen LogP contribution >= 0.6 is 0 Å². The van der Waals surface area contributed by atoms with Crippen molar-refractivity contribution in [2.24, 2.45) is 0 Å². The van der Waals surface area contributed by atoms with Crippen molar-refractivity contribution >= 4 is 27.8 Å². The van der Waals surface area contributed by atoms with E-state index in [0.29, 0.717) is 12.3 Å². The molecular weight excluding hydrogens is 288 g/mol. The molecule has 1 aromatic heterocycles. The predicted molar refractivity (Wildman–Crippen MR) is 84.2 cm³/mol. The molecule has 0 amide bonds. The van der Waals surface area contributed by atoms with Gasteiger partial charge >= 0.3 is 5.97 Å². The van der Waals surface area contributed by atoms with Gasteiger partial charge in [-0.15, -0.1) is 0 Å². The first-order valence-corrected chi connectivity index (χ1v) is 8.78. The number of carbonyl (C=O) groups is 1. The van der Waals surface area contributed by atoms with Gasteiger partial charge in [-0.2, -0.15) is 0 Å². The van der Waals surface area contributed by atoms with Crippen LogP contribution in [-0.2, 0) is 23.8 Å². The van der Waals surface area contributed by atoms with Crippen LogP contribution in [0.15, 0.2) is 18.2 Å². The van der Waals surface area contributed by atoms with Gasteiger partial charge in [0.25, 0.3) is 0 Å². The van der Waals surface area contributed by atoms with E-state index in [1.165, 1.54) is 0 Å². The number of aromatic carboxylic acids is 1. The largest absolute Gasteiger partial charge is 0.478 e. The van der Waals surface area contributed by atoms with E-state index >= 15 is 0 Å². The van der Waals surface area contributed by atoms with Crippen molar-refractivity contribution in [2.75, 3.05) is 12.0 Å². The molecule has 0 saturated carbocycles. The summed E-state index contributed by atoms with van der Waals surface area (Å²) in [6.07, 6.45) is 4.32. The highest BCUT2D eigenvalue weighted by Crippen LogP contribution is 2.20. The Kier molecular flexibility index (Phi) is 5.12. The van der Waals surface area contributed by atoms with Crippen LogP contribution in [-0.4, -0.2) is 36.8 Å². The van der Waals surface area contributed by atoms with Gasteiger partial charge in [0, 0.05) is 35.8 Å². The van der Waals surface area contributed by atoms with Gasteiger partial charge in [0.1, 0.15) is 5.82 Å². The zero-order valence-electron chi connectivity index (χ0n) is 12.3. The number of hydrogen-bond donors (Lipinski definition) is 1. The molecule has 0 fully saturated rings. The summed E-state index contributed by atoms with van der Waals surface area (Å²) in [6, 6.07) is 5.01. The standard InChI is InChI=1S/C15H20N2O3S/c1-3-5-14-16-12-7-6-11(15(18)19)10-13(12)17(14)8-4-9-21(2)20/h6-7,10H,3-5,8-9H2,1-2H3,(H,18,19). The minimum absolute atomic E-state index is 0.269. The molecule has 0 aliphatic rings. The summed E-state index contributed by atoms with van der Waals surface area (Å²) in [5.41, 5.74) is 1.94. The van der Waals surface area contributed by atoms with E-state index in [1.54, 1.807) is 24.5 Å². The molecule has 0 aliphatic carbocycles. The number of hydrogen-bond acceptors (Lipinski definition) is 3. The number of aryl methyl sites for hydroxylation is 2. The van der Waals surface area contributed by atoms with Crippen LogP contribution in [0.3, 0.4) is 0 Å². The minimum Gasteiger partial charge on any atom is -0.478 e. The van der Waals surface area contributed by atoms with Crippen molar-refractivity contribution in [3.05, 3.63) is 29.6 Å². The quantitative estimate of drug-likeness (QED) is 0.853. The van der Waals surface area contributed by atoms with Gasteiger partial charge in [-0.05, 0) is 31.0 Å². The summed E-state index contributed by atoms with van der Waals surface area (Å²) in [7, 11) is -0.811. The fraction of sp³-hybridized carbons (Fsp3) is 0.467. The Morgan fingerprint density at radius 3 is 2.81 bits per heavy atom. The molecule has 2 aromatic rings. The number of benzene rings is 1. The third-order valence-corrected chi connectivity index (χ3v) is 4.22. The summed E-state index contributed by atoms with van der Waals surface area (Å²) in [4.78, 5) is 15.7. The molecule has 114 valence electrons. The van der Waals surface area contributed by atoms with Crippen LogP contribution in [0.1, 0.15) is 35.9 Å². The molecule has 5 nitrogen and oxygen atoms in total. The van der Waals surface area contributed by atoms with E-state index in [0.717, 1.165) is 36.1 Å². The summed E-state index contributed by atoms with van der Waals surface area (Å²) in [5.74, 6) is 0.678. The lowest BCUT2D eigenvalue weighted by Crippen LogP contribution is -2.07. The van der Waals surface area contributed by atoms with Crippen LogP contribution in [0.2, 0.25) is 0 Å². The molecule has 0 spiro atoms. The fourth-order valence-electron chi connectivity index (χ4n) is 2.40. The van der Waals surface area contributed by atoms with Crippen molar-refractivity contribution in [1.29, 1.82) is 0 Å². The maximum absolute atomic E-state index is 11.2. The second kappa shape index (κ2) is 6.85. The van der Waals surface area contributed by atoms with Crippen molar-refractivity contribution in [1.82, 2.24) is 9.55 Å². The van der Waals surface area contributed by atoms with E-state index in [9.17, 15) is 9.00 Å². The third kappa shape index (κ3) is 3.69. The Hall–Kier alpha value is -1.69. The molecule has 1 atom stereocenters. The van der Waals surface area contributed by atoms with Crippen molar-refractivity contribution in [3.8, 4) is 0 Å². The second-order valence-corrected chi connectivity index (χ2v) is 6.62. The van der Waals surface area contributed by atoms with E-state index in [-0.39, 0.29) is 5.56 Å². The Balaban J connectivity index is 2.40. The average molecular weight is 308 g/mol. The van der Waals surface area contributed by atoms with Gasteiger partial charge < -0.3 is 9.67 Å². The van der Waals surface area contributed by atoms with E-state index in [4.69, 9.17) is 5.11 Å². The Morgan fingerprint density at radius 2 is 2.19 bits per heavy atom. The zero-order valence-corrected chi connectivity index (χ0v) is 13.2. The van der Waals surface area contributed by atoms with Crippen LogP contribution in [0.4, 0.5) is 0 Å². The van der Waals surface area contributed by atoms with Gasteiger partial charge in [-0.1, -0.05) is 6.92 Å². The maximum atomic E-state index is 11.2. The second-order valence-electron chi connectivity index (χ2n) is 5.07. The van der Waals surface area contributed by atoms with Crippen LogP contribution in [0.25, 0.3) is 11.0 Å².